The lowest BCUT2D eigenvalue weighted by Crippen LogP contribution is -2.20. The molecule has 0 aliphatic heterocycles. The van der Waals surface area contributed by atoms with Crippen LogP contribution < -0.4 is 5.73 Å². The average molecular weight is 292 g/mol. The summed E-state index contributed by atoms with van der Waals surface area (Å²) in [6.45, 7) is 5.17. The van der Waals surface area contributed by atoms with Gasteiger partial charge in [0.25, 0.3) is 0 Å². The highest BCUT2D eigenvalue weighted by molar-refractivity contribution is 6.31. The van der Waals surface area contributed by atoms with E-state index in [4.69, 9.17) is 22.3 Å². The molecule has 0 amide bonds. The third-order valence-corrected chi connectivity index (χ3v) is 4.72. The molecule has 0 bridgehead atoms. The molecule has 0 saturated heterocycles. The fourth-order valence-corrected chi connectivity index (χ4v) is 3.71. The van der Waals surface area contributed by atoms with Gasteiger partial charge in [-0.1, -0.05) is 18.0 Å². The van der Waals surface area contributed by atoms with E-state index in [1.165, 1.54) is 25.1 Å². The van der Waals surface area contributed by atoms with Crippen LogP contribution in [0.4, 0.5) is 0 Å². The SMILES string of the molecule is CC(C)n1c(C2CCCC2CN)nc2ccc(Cl)cc21. The Morgan fingerprint density at radius 3 is 2.90 bits per heavy atom. The van der Waals surface area contributed by atoms with Gasteiger partial charge in [0.05, 0.1) is 11.0 Å². The van der Waals surface area contributed by atoms with Gasteiger partial charge in [-0.25, -0.2) is 4.98 Å². The predicted octanol–water partition coefficient (Wildman–Crippen LogP) is 4.11. The summed E-state index contributed by atoms with van der Waals surface area (Å²) in [5, 5.41) is 0.771. The summed E-state index contributed by atoms with van der Waals surface area (Å²) in [6, 6.07) is 6.35. The summed E-state index contributed by atoms with van der Waals surface area (Å²) in [6.07, 6.45) is 3.68. The number of nitrogens with zero attached hydrogens (tertiary/aromatic N) is 2. The quantitative estimate of drug-likeness (QED) is 0.925. The highest BCUT2D eigenvalue weighted by Crippen LogP contribution is 2.40. The number of halogens is 1. The van der Waals surface area contributed by atoms with Crippen LogP contribution in [0.2, 0.25) is 5.02 Å². The number of imidazole rings is 1. The molecular weight excluding hydrogens is 270 g/mol. The molecule has 1 saturated carbocycles. The highest BCUT2D eigenvalue weighted by Gasteiger charge is 2.32. The normalized spacial score (nSPS) is 23.1. The maximum atomic E-state index is 6.16. The van der Waals surface area contributed by atoms with Gasteiger partial charge in [-0.05, 0) is 57.4 Å². The Kier molecular flexibility index (Phi) is 3.74. The van der Waals surface area contributed by atoms with Crippen molar-refractivity contribution in [1.82, 2.24) is 9.55 Å². The molecular formula is C16H22ClN3. The van der Waals surface area contributed by atoms with Crippen LogP contribution in [0.5, 0.6) is 0 Å². The number of hydrogen-bond acceptors (Lipinski definition) is 2. The molecule has 1 fully saturated rings. The van der Waals surface area contributed by atoms with Gasteiger partial charge in [-0.15, -0.1) is 0 Å². The summed E-state index contributed by atoms with van der Waals surface area (Å²) >= 11 is 6.16. The van der Waals surface area contributed by atoms with E-state index < -0.39 is 0 Å². The summed E-state index contributed by atoms with van der Waals surface area (Å²) in [5.74, 6) is 2.26. The number of fused-ring (bicyclic) bond motifs is 1. The third-order valence-electron chi connectivity index (χ3n) is 4.49. The molecule has 2 aromatic rings. The molecule has 2 unspecified atom stereocenters. The second kappa shape index (κ2) is 5.38. The molecule has 1 heterocycles. The van der Waals surface area contributed by atoms with Gasteiger partial charge >= 0.3 is 0 Å². The molecule has 3 nitrogen and oxygen atoms in total. The minimum Gasteiger partial charge on any atom is -0.330 e. The van der Waals surface area contributed by atoms with E-state index in [0.29, 0.717) is 17.9 Å². The molecule has 3 rings (SSSR count). The van der Waals surface area contributed by atoms with Crippen molar-refractivity contribution < 1.29 is 0 Å². The lowest BCUT2D eigenvalue weighted by molar-refractivity contribution is 0.447. The lowest BCUT2D eigenvalue weighted by Gasteiger charge is -2.21. The smallest absolute Gasteiger partial charge is 0.113 e. The monoisotopic (exact) mass is 291 g/mol. The number of aromatic nitrogens is 2. The molecule has 0 radical (unpaired) electrons. The molecule has 108 valence electrons. The van der Waals surface area contributed by atoms with Gasteiger partial charge in [-0.2, -0.15) is 0 Å². The summed E-state index contributed by atoms with van der Waals surface area (Å²) < 4.78 is 2.35. The first-order valence-electron chi connectivity index (χ1n) is 7.49. The van der Waals surface area contributed by atoms with Crippen LogP contribution in [0.1, 0.15) is 50.9 Å². The van der Waals surface area contributed by atoms with Crippen LogP contribution in [-0.4, -0.2) is 16.1 Å². The Balaban J connectivity index is 2.17. The van der Waals surface area contributed by atoms with Crippen molar-refractivity contribution in [3.05, 3.63) is 29.0 Å². The molecule has 4 heteroatoms. The van der Waals surface area contributed by atoms with Crippen LogP contribution in [0.25, 0.3) is 11.0 Å². The topological polar surface area (TPSA) is 43.8 Å². The number of rotatable bonds is 3. The van der Waals surface area contributed by atoms with Gasteiger partial charge in [0.1, 0.15) is 5.82 Å². The number of benzene rings is 1. The number of hydrogen-bond donors (Lipinski definition) is 1. The summed E-state index contributed by atoms with van der Waals surface area (Å²) in [7, 11) is 0. The Labute approximate surface area is 125 Å². The predicted molar refractivity (Wildman–Crippen MR) is 84.3 cm³/mol. The van der Waals surface area contributed by atoms with Crippen LogP contribution in [0.3, 0.4) is 0 Å². The second-order valence-electron chi connectivity index (χ2n) is 6.10. The summed E-state index contributed by atoms with van der Waals surface area (Å²) in [5.41, 5.74) is 8.13. The fourth-order valence-electron chi connectivity index (χ4n) is 3.55. The Hall–Kier alpha value is -1.06. The van der Waals surface area contributed by atoms with Gasteiger partial charge in [0, 0.05) is 17.0 Å². The van der Waals surface area contributed by atoms with E-state index in [1.54, 1.807) is 0 Å². The van der Waals surface area contributed by atoms with Crippen LogP contribution in [0.15, 0.2) is 18.2 Å². The van der Waals surface area contributed by atoms with Gasteiger partial charge in [-0.3, -0.25) is 0 Å². The van der Waals surface area contributed by atoms with Crippen molar-refractivity contribution in [3.63, 3.8) is 0 Å². The standard InChI is InChI=1S/C16H22ClN3/c1-10(2)20-15-8-12(17)6-7-14(15)19-16(20)13-5-3-4-11(13)9-18/h6-8,10-11,13H,3-5,9,18H2,1-2H3. The largest absolute Gasteiger partial charge is 0.330 e. The van der Waals surface area contributed by atoms with Crippen LogP contribution in [0, 0.1) is 5.92 Å². The maximum Gasteiger partial charge on any atom is 0.113 e. The van der Waals surface area contributed by atoms with E-state index in [9.17, 15) is 0 Å². The Bertz CT molecular complexity index is 617. The molecule has 1 aromatic carbocycles. The van der Waals surface area contributed by atoms with Crippen molar-refractivity contribution >= 4 is 22.6 Å². The number of nitrogens with two attached hydrogens (primary N) is 1. The van der Waals surface area contributed by atoms with Gasteiger partial charge < -0.3 is 10.3 Å². The van der Waals surface area contributed by atoms with E-state index in [-0.39, 0.29) is 0 Å². The van der Waals surface area contributed by atoms with E-state index in [1.807, 2.05) is 18.2 Å². The van der Waals surface area contributed by atoms with Crippen molar-refractivity contribution in [3.8, 4) is 0 Å². The first-order chi connectivity index (χ1) is 9.61. The zero-order valence-corrected chi connectivity index (χ0v) is 12.9. The fraction of sp³-hybridized carbons (Fsp3) is 0.562. The van der Waals surface area contributed by atoms with E-state index in [2.05, 4.69) is 18.4 Å². The molecule has 1 aliphatic carbocycles. The van der Waals surface area contributed by atoms with Gasteiger partial charge in [0.2, 0.25) is 0 Å². The third kappa shape index (κ3) is 2.23. The molecule has 1 aromatic heterocycles. The van der Waals surface area contributed by atoms with Crippen LogP contribution in [-0.2, 0) is 0 Å². The molecule has 20 heavy (non-hydrogen) atoms. The van der Waals surface area contributed by atoms with Crippen molar-refractivity contribution in [1.29, 1.82) is 0 Å². The Morgan fingerprint density at radius 1 is 1.40 bits per heavy atom. The zero-order chi connectivity index (χ0) is 14.3. The minimum atomic E-state index is 0.382. The second-order valence-corrected chi connectivity index (χ2v) is 6.54. The van der Waals surface area contributed by atoms with E-state index in [0.717, 1.165) is 22.6 Å². The van der Waals surface area contributed by atoms with Crippen molar-refractivity contribution in [2.75, 3.05) is 6.54 Å². The first-order valence-corrected chi connectivity index (χ1v) is 7.87. The first kappa shape index (κ1) is 13.9. The Morgan fingerprint density at radius 2 is 2.20 bits per heavy atom. The lowest BCUT2D eigenvalue weighted by atomic mass is 9.95. The maximum absolute atomic E-state index is 6.16. The van der Waals surface area contributed by atoms with Crippen LogP contribution >= 0.6 is 11.6 Å². The minimum absolute atomic E-state index is 0.382. The van der Waals surface area contributed by atoms with E-state index >= 15 is 0 Å². The average Bonchev–Trinajstić information content (AvgIpc) is 3.00. The molecule has 0 spiro atoms. The molecule has 2 N–H and O–H groups in total. The highest BCUT2D eigenvalue weighted by atomic mass is 35.5. The van der Waals surface area contributed by atoms with Gasteiger partial charge in [0.15, 0.2) is 0 Å². The van der Waals surface area contributed by atoms with Crippen molar-refractivity contribution in [2.45, 2.75) is 45.1 Å². The molecule has 1 aliphatic rings. The molecule has 2 atom stereocenters. The zero-order valence-electron chi connectivity index (χ0n) is 12.1. The van der Waals surface area contributed by atoms with Crippen molar-refractivity contribution in [2.24, 2.45) is 11.7 Å². The summed E-state index contributed by atoms with van der Waals surface area (Å²) in [4.78, 5) is 4.90.